The number of rotatable bonds is 7. The Bertz CT molecular complexity index is 1070. The van der Waals surface area contributed by atoms with Crippen molar-refractivity contribution in [2.45, 2.75) is 32.2 Å². The van der Waals surface area contributed by atoms with Gasteiger partial charge in [-0.05, 0) is 28.7 Å². The first-order valence-corrected chi connectivity index (χ1v) is 10.7. The molecule has 7 nitrogen and oxygen atoms in total. The lowest BCUT2D eigenvalue weighted by molar-refractivity contribution is -0.140. The lowest BCUT2D eigenvalue weighted by atomic mass is 9.85. The van der Waals surface area contributed by atoms with E-state index in [1.54, 1.807) is 18.2 Å². The molecule has 0 bridgehead atoms. The number of ketones is 1. The fourth-order valence-corrected chi connectivity index (χ4v) is 3.95. The third-order valence-corrected chi connectivity index (χ3v) is 5.83. The number of methoxy groups -OCH3 is 3. The van der Waals surface area contributed by atoms with Crippen LogP contribution in [0.4, 0.5) is 0 Å². The molecule has 2 aromatic carbocycles. The average Bonchev–Trinajstić information content (AvgIpc) is 3.06. The van der Waals surface area contributed by atoms with E-state index in [4.69, 9.17) is 14.2 Å². The van der Waals surface area contributed by atoms with Crippen molar-refractivity contribution in [1.82, 2.24) is 4.90 Å². The Morgan fingerprint density at radius 2 is 1.67 bits per heavy atom. The van der Waals surface area contributed by atoms with Gasteiger partial charge in [-0.25, -0.2) is 0 Å². The van der Waals surface area contributed by atoms with Gasteiger partial charge in [-0.2, -0.15) is 0 Å². The van der Waals surface area contributed by atoms with Crippen LogP contribution < -0.4 is 9.47 Å². The smallest absolute Gasteiger partial charge is 0.295 e. The SMILES string of the molecule is COCCN1C(=O)C(=O)/C(=C(\O)c2ccc(OC)cc2OC)C1c1ccc(C(C)(C)C)cc1. The summed E-state index contributed by atoms with van der Waals surface area (Å²) in [7, 11) is 4.52. The molecule has 1 N–H and O–H groups in total. The number of benzene rings is 2. The van der Waals surface area contributed by atoms with E-state index in [1.807, 2.05) is 24.3 Å². The number of hydrogen-bond donors (Lipinski definition) is 1. The molecule has 7 heteroatoms. The van der Waals surface area contributed by atoms with Crippen molar-refractivity contribution < 1.29 is 28.9 Å². The van der Waals surface area contributed by atoms with Crippen molar-refractivity contribution in [1.29, 1.82) is 0 Å². The maximum atomic E-state index is 13.1. The van der Waals surface area contributed by atoms with Crippen LogP contribution in [-0.4, -0.2) is 56.2 Å². The van der Waals surface area contributed by atoms with Gasteiger partial charge in [0, 0.05) is 19.7 Å². The zero-order chi connectivity index (χ0) is 24.3. The monoisotopic (exact) mass is 453 g/mol. The number of nitrogens with zero attached hydrogens (tertiary/aromatic N) is 1. The predicted molar refractivity (Wildman–Crippen MR) is 126 cm³/mol. The Morgan fingerprint density at radius 3 is 2.21 bits per heavy atom. The van der Waals surface area contributed by atoms with E-state index in [2.05, 4.69) is 20.8 Å². The van der Waals surface area contributed by atoms with Crippen molar-refractivity contribution in [3.63, 3.8) is 0 Å². The third kappa shape index (κ3) is 4.73. The first kappa shape index (κ1) is 24.3. The maximum absolute atomic E-state index is 13.1. The van der Waals surface area contributed by atoms with Crippen molar-refractivity contribution in [2.75, 3.05) is 34.5 Å². The van der Waals surface area contributed by atoms with E-state index >= 15 is 0 Å². The minimum atomic E-state index is -0.749. The van der Waals surface area contributed by atoms with Gasteiger partial charge < -0.3 is 24.2 Å². The number of carbonyl (C=O) groups is 2. The van der Waals surface area contributed by atoms with E-state index in [0.29, 0.717) is 17.1 Å². The summed E-state index contributed by atoms with van der Waals surface area (Å²) in [5.41, 5.74) is 2.12. The second-order valence-electron chi connectivity index (χ2n) is 8.92. The van der Waals surface area contributed by atoms with Crippen LogP contribution in [0.15, 0.2) is 48.0 Å². The molecule has 3 rings (SSSR count). The van der Waals surface area contributed by atoms with Gasteiger partial charge in [0.05, 0.1) is 38.0 Å². The van der Waals surface area contributed by atoms with Crippen LogP contribution in [0.3, 0.4) is 0 Å². The lowest BCUT2D eigenvalue weighted by Gasteiger charge is -2.26. The van der Waals surface area contributed by atoms with E-state index in [0.717, 1.165) is 11.1 Å². The van der Waals surface area contributed by atoms with Crippen molar-refractivity contribution in [2.24, 2.45) is 0 Å². The fraction of sp³-hybridized carbons (Fsp3) is 0.385. The standard InChI is InChI=1S/C26H31NO6/c1-26(2,3)17-9-7-16(8-10-17)22-21(24(29)25(30)27(22)13-14-31-4)23(28)19-12-11-18(32-5)15-20(19)33-6/h7-12,15,22,28H,13-14H2,1-6H3/b23-21-. The van der Waals surface area contributed by atoms with Gasteiger partial charge in [-0.1, -0.05) is 45.0 Å². The summed E-state index contributed by atoms with van der Waals surface area (Å²) in [4.78, 5) is 27.5. The summed E-state index contributed by atoms with van der Waals surface area (Å²) in [6.07, 6.45) is 0. The Labute approximate surface area is 194 Å². The first-order chi connectivity index (χ1) is 15.6. The number of aliphatic hydroxyl groups is 1. The zero-order valence-electron chi connectivity index (χ0n) is 20.0. The summed E-state index contributed by atoms with van der Waals surface area (Å²) in [5, 5.41) is 11.3. The molecule has 0 spiro atoms. The van der Waals surface area contributed by atoms with Crippen LogP contribution in [0.5, 0.6) is 11.5 Å². The molecule has 1 unspecified atom stereocenters. The number of Topliss-reactive ketones (excluding diaryl/α,β-unsaturated/α-hetero) is 1. The number of aliphatic hydroxyl groups excluding tert-OH is 1. The summed E-state index contributed by atoms with van der Waals surface area (Å²) in [5.74, 6) is -0.843. The zero-order valence-corrected chi connectivity index (χ0v) is 20.0. The summed E-state index contributed by atoms with van der Waals surface area (Å²) in [6.45, 7) is 6.81. The number of carbonyl (C=O) groups excluding carboxylic acids is 2. The molecule has 0 radical (unpaired) electrons. The highest BCUT2D eigenvalue weighted by atomic mass is 16.5. The molecule has 1 aliphatic rings. The molecule has 1 fully saturated rings. The van der Waals surface area contributed by atoms with Crippen molar-refractivity contribution in [3.8, 4) is 11.5 Å². The van der Waals surface area contributed by atoms with Crippen LogP contribution >= 0.6 is 0 Å². The Morgan fingerprint density at radius 1 is 1.00 bits per heavy atom. The largest absolute Gasteiger partial charge is 0.507 e. The molecule has 33 heavy (non-hydrogen) atoms. The number of ether oxygens (including phenoxy) is 3. The number of hydrogen-bond acceptors (Lipinski definition) is 6. The molecule has 1 atom stereocenters. The molecule has 1 saturated heterocycles. The van der Waals surface area contributed by atoms with Gasteiger partial charge >= 0.3 is 0 Å². The van der Waals surface area contributed by atoms with Gasteiger partial charge in [0.25, 0.3) is 11.7 Å². The summed E-state index contributed by atoms with van der Waals surface area (Å²) < 4.78 is 15.8. The van der Waals surface area contributed by atoms with Crippen LogP contribution in [-0.2, 0) is 19.7 Å². The highest BCUT2D eigenvalue weighted by Gasteiger charge is 2.46. The van der Waals surface area contributed by atoms with Gasteiger partial charge in [0.15, 0.2) is 0 Å². The predicted octanol–water partition coefficient (Wildman–Crippen LogP) is 4.07. The Hall–Kier alpha value is -3.32. The Kier molecular flexibility index (Phi) is 7.12. The van der Waals surface area contributed by atoms with Crippen LogP contribution in [0.2, 0.25) is 0 Å². The third-order valence-electron chi connectivity index (χ3n) is 5.83. The van der Waals surface area contributed by atoms with Crippen LogP contribution in [0.25, 0.3) is 5.76 Å². The summed E-state index contributed by atoms with van der Waals surface area (Å²) >= 11 is 0. The molecule has 176 valence electrons. The highest BCUT2D eigenvalue weighted by molar-refractivity contribution is 6.46. The van der Waals surface area contributed by atoms with Gasteiger partial charge in [0.1, 0.15) is 17.3 Å². The van der Waals surface area contributed by atoms with Gasteiger partial charge in [-0.15, -0.1) is 0 Å². The van der Waals surface area contributed by atoms with Crippen molar-refractivity contribution in [3.05, 3.63) is 64.7 Å². The molecule has 0 aromatic heterocycles. The average molecular weight is 454 g/mol. The lowest BCUT2D eigenvalue weighted by Crippen LogP contribution is -2.32. The normalized spacial score (nSPS) is 18.0. The van der Waals surface area contributed by atoms with E-state index in [1.165, 1.54) is 26.2 Å². The topological polar surface area (TPSA) is 85.3 Å². The summed E-state index contributed by atoms with van der Waals surface area (Å²) in [6, 6.07) is 11.9. The minimum Gasteiger partial charge on any atom is -0.507 e. The van der Waals surface area contributed by atoms with E-state index in [-0.39, 0.29) is 29.9 Å². The fourth-order valence-electron chi connectivity index (χ4n) is 3.95. The van der Waals surface area contributed by atoms with Crippen LogP contribution in [0.1, 0.15) is 43.5 Å². The van der Waals surface area contributed by atoms with E-state index < -0.39 is 17.7 Å². The molecule has 1 amide bonds. The highest BCUT2D eigenvalue weighted by Crippen LogP contribution is 2.41. The first-order valence-electron chi connectivity index (χ1n) is 10.7. The number of amides is 1. The number of likely N-dealkylation sites (tertiary alicyclic amines) is 1. The second kappa shape index (κ2) is 9.67. The molecule has 0 aliphatic carbocycles. The molecule has 1 aliphatic heterocycles. The van der Waals surface area contributed by atoms with E-state index in [9.17, 15) is 14.7 Å². The molecular formula is C26H31NO6. The minimum absolute atomic E-state index is 0.0167. The van der Waals surface area contributed by atoms with Gasteiger partial charge in [0.2, 0.25) is 0 Å². The molecular weight excluding hydrogens is 422 g/mol. The quantitative estimate of drug-likeness (QED) is 0.386. The second-order valence-corrected chi connectivity index (χ2v) is 8.92. The molecule has 0 saturated carbocycles. The van der Waals surface area contributed by atoms with Gasteiger partial charge in [-0.3, -0.25) is 9.59 Å². The van der Waals surface area contributed by atoms with Crippen molar-refractivity contribution >= 4 is 17.4 Å². The Balaban J connectivity index is 2.19. The molecule has 1 heterocycles. The molecule has 2 aromatic rings. The van der Waals surface area contributed by atoms with Crippen LogP contribution in [0, 0.1) is 0 Å². The maximum Gasteiger partial charge on any atom is 0.295 e.